The van der Waals surface area contributed by atoms with Crippen LogP contribution in [0.25, 0.3) is 0 Å². The van der Waals surface area contributed by atoms with Gasteiger partial charge in [0.15, 0.2) is 6.61 Å². The van der Waals surface area contributed by atoms with E-state index < -0.39 is 46.8 Å². The summed E-state index contributed by atoms with van der Waals surface area (Å²) in [6.07, 6.45) is 0. The number of methoxy groups -OCH3 is 2. The fourth-order valence-electron chi connectivity index (χ4n) is 2.85. The van der Waals surface area contributed by atoms with Crippen molar-refractivity contribution >= 4 is 34.9 Å². The third-order valence-electron chi connectivity index (χ3n) is 4.66. The van der Waals surface area contributed by atoms with Gasteiger partial charge in [0.2, 0.25) is 5.78 Å². The molecule has 0 heterocycles. The third-order valence-corrected chi connectivity index (χ3v) is 4.98. The molecule has 0 aliphatic rings. The molecule has 1 atom stereocenters. The maximum absolute atomic E-state index is 12.6. The van der Waals surface area contributed by atoms with Crippen LogP contribution in [0.4, 0.5) is 5.69 Å². The minimum absolute atomic E-state index is 0.0539. The van der Waals surface area contributed by atoms with Crippen LogP contribution in [0.1, 0.15) is 34.6 Å². The smallest absolute Gasteiger partial charge is 0.329 e. The van der Waals surface area contributed by atoms with Crippen LogP contribution < -0.4 is 14.8 Å². The van der Waals surface area contributed by atoms with E-state index in [-0.39, 0.29) is 21.9 Å². The lowest BCUT2D eigenvalue weighted by Crippen LogP contribution is -2.45. The monoisotopic (exact) mass is 478 g/mol. The molecule has 2 aromatic carbocycles. The Morgan fingerprint density at radius 2 is 1.79 bits per heavy atom. The lowest BCUT2D eigenvalue weighted by Gasteiger charge is -2.21. The lowest BCUT2D eigenvalue weighted by molar-refractivity contribution is -0.384. The van der Waals surface area contributed by atoms with Crippen molar-refractivity contribution in [2.45, 2.75) is 19.9 Å². The van der Waals surface area contributed by atoms with Gasteiger partial charge in [0, 0.05) is 11.6 Å². The standard InChI is InChI=1S/C22H23ClN2O8/c1-12(2)20(24-21(27)13-5-7-16(23)17(9-13)25(29)30)22(28)33-11-18(26)15-10-14(31-3)6-8-19(15)32-4/h5-10,12,20H,11H2,1-4H3,(H,24,27)/t20-/m1/s1. The van der Waals surface area contributed by atoms with Crippen molar-refractivity contribution in [1.29, 1.82) is 0 Å². The molecule has 1 N–H and O–H groups in total. The van der Waals surface area contributed by atoms with Gasteiger partial charge in [0.05, 0.1) is 24.7 Å². The van der Waals surface area contributed by atoms with Crippen molar-refractivity contribution in [3.63, 3.8) is 0 Å². The number of amides is 1. The van der Waals surface area contributed by atoms with Gasteiger partial charge in [-0.05, 0) is 36.2 Å². The van der Waals surface area contributed by atoms with Gasteiger partial charge in [0.25, 0.3) is 11.6 Å². The molecule has 0 unspecified atom stereocenters. The number of esters is 1. The Morgan fingerprint density at radius 1 is 1.09 bits per heavy atom. The molecule has 10 nitrogen and oxygen atoms in total. The highest BCUT2D eigenvalue weighted by atomic mass is 35.5. The van der Waals surface area contributed by atoms with E-state index >= 15 is 0 Å². The predicted molar refractivity (Wildman–Crippen MR) is 119 cm³/mol. The van der Waals surface area contributed by atoms with Crippen molar-refractivity contribution in [3.05, 3.63) is 62.7 Å². The number of nitro groups is 1. The van der Waals surface area contributed by atoms with Gasteiger partial charge >= 0.3 is 5.97 Å². The zero-order chi connectivity index (χ0) is 24.7. The number of carbonyl (C=O) groups excluding carboxylic acids is 3. The number of nitro benzene ring substituents is 1. The Balaban J connectivity index is 2.12. The maximum atomic E-state index is 12.6. The Hall–Kier alpha value is -3.66. The Kier molecular flexibility index (Phi) is 8.75. The van der Waals surface area contributed by atoms with Crippen LogP contribution in [0.3, 0.4) is 0 Å². The second kappa shape index (κ2) is 11.3. The predicted octanol–water partition coefficient (Wildman–Crippen LogP) is 3.45. The van der Waals surface area contributed by atoms with Crippen LogP contribution in [0, 0.1) is 16.0 Å². The first-order valence-corrected chi connectivity index (χ1v) is 10.1. The molecule has 0 spiro atoms. The highest BCUT2D eigenvalue weighted by Gasteiger charge is 2.28. The van der Waals surface area contributed by atoms with Crippen molar-refractivity contribution in [1.82, 2.24) is 5.32 Å². The molecule has 0 aliphatic heterocycles. The molecule has 176 valence electrons. The number of ketones is 1. The molecule has 0 saturated carbocycles. The molecule has 0 radical (unpaired) electrons. The highest BCUT2D eigenvalue weighted by Crippen LogP contribution is 2.26. The first-order chi connectivity index (χ1) is 15.6. The summed E-state index contributed by atoms with van der Waals surface area (Å²) in [7, 11) is 2.84. The number of nitrogens with zero attached hydrogens (tertiary/aromatic N) is 1. The highest BCUT2D eigenvalue weighted by molar-refractivity contribution is 6.32. The first kappa shape index (κ1) is 25.6. The molecule has 0 aromatic heterocycles. The number of hydrogen-bond acceptors (Lipinski definition) is 8. The largest absolute Gasteiger partial charge is 0.497 e. The van der Waals surface area contributed by atoms with E-state index in [1.165, 1.54) is 32.4 Å². The van der Waals surface area contributed by atoms with E-state index in [4.69, 9.17) is 25.8 Å². The molecule has 0 saturated heterocycles. The van der Waals surface area contributed by atoms with E-state index in [1.54, 1.807) is 26.0 Å². The first-order valence-electron chi connectivity index (χ1n) is 9.75. The molecule has 0 bridgehead atoms. The molecular weight excluding hydrogens is 456 g/mol. The number of benzene rings is 2. The van der Waals surface area contributed by atoms with Gasteiger partial charge in [-0.25, -0.2) is 4.79 Å². The van der Waals surface area contributed by atoms with Gasteiger partial charge in [-0.15, -0.1) is 0 Å². The second-order valence-electron chi connectivity index (χ2n) is 7.22. The Bertz CT molecular complexity index is 1070. The summed E-state index contributed by atoms with van der Waals surface area (Å²) >= 11 is 5.77. The minimum Gasteiger partial charge on any atom is -0.497 e. The van der Waals surface area contributed by atoms with Crippen molar-refractivity contribution in [2.24, 2.45) is 5.92 Å². The molecule has 0 aliphatic carbocycles. The average Bonchev–Trinajstić information content (AvgIpc) is 2.79. The van der Waals surface area contributed by atoms with Crippen molar-refractivity contribution < 1.29 is 33.5 Å². The van der Waals surface area contributed by atoms with Crippen molar-refractivity contribution in [3.8, 4) is 11.5 Å². The molecule has 1 amide bonds. The van der Waals surface area contributed by atoms with Crippen LogP contribution in [-0.4, -0.2) is 49.5 Å². The summed E-state index contributed by atoms with van der Waals surface area (Å²) in [5, 5.41) is 13.4. The zero-order valence-corrected chi connectivity index (χ0v) is 19.2. The van der Waals surface area contributed by atoms with E-state index in [9.17, 15) is 24.5 Å². The van der Waals surface area contributed by atoms with Crippen LogP contribution >= 0.6 is 11.6 Å². The van der Waals surface area contributed by atoms with Crippen LogP contribution in [0.5, 0.6) is 11.5 Å². The van der Waals surface area contributed by atoms with Gasteiger partial charge in [-0.2, -0.15) is 0 Å². The number of halogens is 1. The summed E-state index contributed by atoms with van der Waals surface area (Å²) in [4.78, 5) is 48.1. The zero-order valence-electron chi connectivity index (χ0n) is 18.4. The molecular formula is C22H23ClN2O8. The normalized spacial score (nSPS) is 11.5. The van der Waals surface area contributed by atoms with Gasteiger partial charge in [-0.1, -0.05) is 25.4 Å². The summed E-state index contributed by atoms with van der Waals surface area (Å²) in [6.45, 7) is 2.75. The summed E-state index contributed by atoms with van der Waals surface area (Å²) in [5.74, 6) is -1.78. The Labute approximate surface area is 194 Å². The average molecular weight is 479 g/mol. The fourth-order valence-corrected chi connectivity index (χ4v) is 3.04. The van der Waals surface area contributed by atoms with E-state index in [0.29, 0.717) is 5.75 Å². The third kappa shape index (κ3) is 6.42. The summed E-state index contributed by atoms with van der Waals surface area (Å²) in [5.41, 5.74) is -0.323. The second-order valence-corrected chi connectivity index (χ2v) is 7.62. The fraction of sp³-hybridized carbons (Fsp3) is 0.318. The summed E-state index contributed by atoms with van der Waals surface area (Å²) in [6, 6.07) is 7.06. The van der Waals surface area contributed by atoms with Crippen LogP contribution in [0.2, 0.25) is 5.02 Å². The number of rotatable bonds is 10. The quantitative estimate of drug-likeness (QED) is 0.237. The molecule has 11 heteroatoms. The van der Waals surface area contributed by atoms with Crippen LogP contribution in [0.15, 0.2) is 36.4 Å². The molecule has 2 aromatic rings. The lowest BCUT2D eigenvalue weighted by atomic mass is 10.0. The van der Waals surface area contributed by atoms with Crippen LogP contribution in [-0.2, 0) is 9.53 Å². The molecule has 33 heavy (non-hydrogen) atoms. The van der Waals surface area contributed by atoms with Crippen molar-refractivity contribution in [2.75, 3.05) is 20.8 Å². The minimum atomic E-state index is -1.10. The number of hydrogen-bond donors (Lipinski definition) is 1. The van der Waals surface area contributed by atoms with E-state index in [1.807, 2.05) is 0 Å². The Morgan fingerprint density at radius 3 is 2.36 bits per heavy atom. The molecule has 0 fully saturated rings. The SMILES string of the molecule is COc1ccc(OC)c(C(=O)COC(=O)[C@H](NC(=O)c2ccc(Cl)c([N+](=O)[O-])c2)C(C)C)c1. The number of carbonyl (C=O) groups is 3. The summed E-state index contributed by atoms with van der Waals surface area (Å²) < 4.78 is 15.4. The van der Waals surface area contributed by atoms with Gasteiger partial charge in [0.1, 0.15) is 22.6 Å². The molecule has 2 rings (SSSR count). The number of nitrogens with one attached hydrogen (secondary N) is 1. The van der Waals surface area contributed by atoms with Gasteiger partial charge < -0.3 is 19.5 Å². The van der Waals surface area contributed by atoms with Gasteiger partial charge in [-0.3, -0.25) is 19.7 Å². The number of ether oxygens (including phenoxy) is 3. The van der Waals surface area contributed by atoms with E-state index in [2.05, 4.69) is 5.32 Å². The topological polar surface area (TPSA) is 134 Å². The number of Topliss-reactive ketones (excluding diaryl/α,β-unsaturated/α-hetero) is 1. The van der Waals surface area contributed by atoms with E-state index in [0.717, 1.165) is 6.07 Å². The maximum Gasteiger partial charge on any atom is 0.329 e.